The van der Waals surface area contributed by atoms with Gasteiger partial charge in [0, 0.05) is 12.3 Å². The highest BCUT2D eigenvalue weighted by Gasteiger charge is 2.41. The largest absolute Gasteiger partial charge is 0.461 e. The maximum atomic E-state index is 12.5. The predicted molar refractivity (Wildman–Crippen MR) is 128 cm³/mol. The van der Waals surface area contributed by atoms with Gasteiger partial charge in [-0.2, -0.15) is 0 Å². The summed E-state index contributed by atoms with van der Waals surface area (Å²) in [6, 6.07) is 0. The molecule has 31 heavy (non-hydrogen) atoms. The van der Waals surface area contributed by atoms with Crippen LogP contribution in [0.2, 0.25) is 0 Å². The number of fused-ring (bicyclic) bond motifs is 1. The van der Waals surface area contributed by atoms with Crippen molar-refractivity contribution in [3.05, 3.63) is 23.8 Å². The molecule has 0 spiro atoms. The van der Waals surface area contributed by atoms with Crippen LogP contribution in [0.3, 0.4) is 0 Å². The molecule has 178 valence electrons. The van der Waals surface area contributed by atoms with Crippen molar-refractivity contribution in [3.8, 4) is 0 Å². The summed E-state index contributed by atoms with van der Waals surface area (Å²) in [6.07, 6.45) is 11.6. The number of esters is 1. The number of aliphatic hydroxyl groups excluding tert-OH is 1. The van der Waals surface area contributed by atoms with Gasteiger partial charge in [-0.3, -0.25) is 4.79 Å². The molecule has 0 saturated heterocycles. The van der Waals surface area contributed by atoms with E-state index in [4.69, 9.17) is 4.74 Å². The van der Waals surface area contributed by atoms with Crippen molar-refractivity contribution >= 4 is 11.8 Å². The molecule has 0 aromatic carbocycles. The molecule has 1 N–H and O–H groups in total. The van der Waals surface area contributed by atoms with Crippen molar-refractivity contribution in [2.45, 2.75) is 106 Å². The quantitative estimate of drug-likeness (QED) is 0.411. The maximum absolute atomic E-state index is 12.5. The zero-order chi connectivity index (χ0) is 23.6. The minimum atomic E-state index is -0.372. The topological polar surface area (TPSA) is 63.6 Å². The average molecular weight is 435 g/mol. The second-order valence-corrected chi connectivity index (χ2v) is 9.40. The highest BCUT2D eigenvalue weighted by Crippen LogP contribution is 2.45. The summed E-state index contributed by atoms with van der Waals surface area (Å²) in [5.41, 5.74) is 1.29. The summed E-state index contributed by atoms with van der Waals surface area (Å²) >= 11 is 0. The number of allylic oxidation sites excluding steroid dienone is 3. The number of aliphatic hydroxyl groups is 1. The third-order valence-corrected chi connectivity index (χ3v) is 6.78. The van der Waals surface area contributed by atoms with Crippen LogP contribution in [-0.2, 0) is 14.3 Å². The number of carbonyl (C=O) groups excluding carboxylic acids is 2. The van der Waals surface area contributed by atoms with Crippen LogP contribution in [0.4, 0.5) is 0 Å². The second-order valence-electron chi connectivity index (χ2n) is 9.40. The molecule has 0 aromatic rings. The molecule has 7 atom stereocenters. The molecule has 2 rings (SSSR count). The van der Waals surface area contributed by atoms with Crippen molar-refractivity contribution in [1.82, 2.24) is 0 Å². The third kappa shape index (κ3) is 8.56. The van der Waals surface area contributed by atoms with Gasteiger partial charge in [0.2, 0.25) is 0 Å². The van der Waals surface area contributed by atoms with Crippen LogP contribution in [0.1, 0.15) is 93.4 Å². The molecule has 4 heteroatoms. The minimum Gasteiger partial charge on any atom is -0.461 e. The van der Waals surface area contributed by atoms with E-state index in [1.807, 2.05) is 27.7 Å². The third-order valence-electron chi connectivity index (χ3n) is 6.78. The lowest BCUT2D eigenvalue weighted by Gasteiger charge is -2.43. The van der Waals surface area contributed by atoms with Crippen LogP contribution in [0.15, 0.2) is 23.8 Å². The minimum absolute atomic E-state index is 0.0715. The van der Waals surface area contributed by atoms with E-state index in [1.165, 1.54) is 5.57 Å². The summed E-state index contributed by atoms with van der Waals surface area (Å²) in [5, 5.41) is 10.4. The molecule has 0 bridgehead atoms. The normalized spacial score (nSPS) is 29.0. The first-order chi connectivity index (χ1) is 14.7. The molecule has 0 aliphatic heterocycles. The molecule has 0 fully saturated rings. The first-order valence-corrected chi connectivity index (χ1v) is 12.5. The molecule has 2 aliphatic carbocycles. The van der Waals surface area contributed by atoms with Crippen LogP contribution >= 0.6 is 0 Å². The van der Waals surface area contributed by atoms with Gasteiger partial charge in [0.25, 0.3) is 0 Å². The second kappa shape index (κ2) is 13.9. The number of rotatable bonds is 10. The van der Waals surface area contributed by atoms with Crippen LogP contribution < -0.4 is 0 Å². The first kappa shape index (κ1) is 27.6. The number of carbonyl (C=O) groups is 2. The molecule has 4 nitrogen and oxygen atoms in total. The number of ether oxygens (including phenoxy) is 1. The Morgan fingerprint density at radius 2 is 1.90 bits per heavy atom. The Labute approximate surface area is 190 Å². The van der Waals surface area contributed by atoms with E-state index < -0.39 is 0 Å². The number of hydrogen-bond donors (Lipinski definition) is 1. The Kier molecular flexibility index (Phi) is 12.4. The monoisotopic (exact) mass is 434 g/mol. The molecule has 0 aromatic heterocycles. The van der Waals surface area contributed by atoms with E-state index in [0.29, 0.717) is 30.6 Å². The lowest BCUT2D eigenvalue weighted by molar-refractivity contribution is -0.158. The van der Waals surface area contributed by atoms with Crippen molar-refractivity contribution < 1.29 is 19.4 Å². The van der Waals surface area contributed by atoms with E-state index in [2.05, 4.69) is 32.1 Å². The van der Waals surface area contributed by atoms with Gasteiger partial charge in [-0.25, -0.2) is 0 Å². The summed E-state index contributed by atoms with van der Waals surface area (Å²) < 4.78 is 6.05. The predicted octanol–water partition coefficient (Wildman–Crippen LogP) is 6.28. The summed E-state index contributed by atoms with van der Waals surface area (Å²) in [6.45, 7) is 14.0. The summed E-state index contributed by atoms with van der Waals surface area (Å²) in [5.74, 6) is 1.38. The Morgan fingerprint density at radius 1 is 1.23 bits per heavy atom. The van der Waals surface area contributed by atoms with Gasteiger partial charge in [0.05, 0.1) is 12.0 Å². The average Bonchev–Trinajstić information content (AvgIpc) is 2.73. The van der Waals surface area contributed by atoms with Crippen molar-refractivity contribution in [3.63, 3.8) is 0 Å². The maximum Gasteiger partial charge on any atom is 0.308 e. The van der Waals surface area contributed by atoms with Crippen LogP contribution in [0.25, 0.3) is 0 Å². The summed E-state index contributed by atoms with van der Waals surface area (Å²) in [7, 11) is 0. The zero-order valence-corrected chi connectivity index (χ0v) is 20.9. The van der Waals surface area contributed by atoms with E-state index in [9.17, 15) is 14.7 Å². The van der Waals surface area contributed by atoms with Gasteiger partial charge in [-0.15, -0.1) is 0 Å². The van der Waals surface area contributed by atoms with E-state index >= 15 is 0 Å². The molecular formula is C27H46O4. The van der Waals surface area contributed by atoms with E-state index in [1.54, 1.807) is 6.92 Å². The molecule has 0 radical (unpaired) electrons. The van der Waals surface area contributed by atoms with Crippen LogP contribution in [0.5, 0.6) is 0 Å². The molecule has 0 heterocycles. The van der Waals surface area contributed by atoms with Gasteiger partial charge in [-0.1, -0.05) is 59.8 Å². The molecule has 0 amide bonds. The molecular weight excluding hydrogens is 388 g/mol. The van der Waals surface area contributed by atoms with E-state index in [-0.39, 0.29) is 35.8 Å². The fraction of sp³-hybridized carbons (Fsp3) is 0.778. The lowest BCUT2D eigenvalue weighted by Crippen LogP contribution is -2.41. The molecule has 2 aliphatic rings. The zero-order valence-electron chi connectivity index (χ0n) is 20.9. The number of ketones is 1. The van der Waals surface area contributed by atoms with Gasteiger partial charge < -0.3 is 14.6 Å². The van der Waals surface area contributed by atoms with Gasteiger partial charge in [0.15, 0.2) is 0 Å². The SMILES string of the molecule is CC.CCC(C)C(=O)O[C@H]1C[C@@H](C)C=C2C=CC(C)C(CCC(O)CCCC(C)=O)C21. The Morgan fingerprint density at radius 3 is 2.52 bits per heavy atom. The fourth-order valence-electron chi connectivity index (χ4n) is 4.77. The smallest absolute Gasteiger partial charge is 0.308 e. The Bertz CT molecular complexity index is 621. The Balaban J connectivity index is 0.00000233. The first-order valence-electron chi connectivity index (χ1n) is 12.5. The molecule has 5 unspecified atom stereocenters. The van der Waals surface area contributed by atoms with Gasteiger partial charge >= 0.3 is 5.97 Å². The lowest BCUT2D eigenvalue weighted by atomic mass is 9.65. The van der Waals surface area contributed by atoms with Crippen molar-refractivity contribution in [2.75, 3.05) is 0 Å². The van der Waals surface area contributed by atoms with Crippen LogP contribution in [-0.4, -0.2) is 29.1 Å². The highest BCUT2D eigenvalue weighted by molar-refractivity contribution is 5.75. The van der Waals surface area contributed by atoms with Crippen molar-refractivity contribution in [1.29, 1.82) is 0 Å². The summed E-state index contributed by atoms with van der Waals surface area (Å²) in [4.78, 5) is 23.6. The van der Waals surface area contributed by atoms with Gasteiger partial charge in [0.1, 0.15) is 11.9 Å². The highest BCUT2D eigenvalue weighted by atomic mass is 16.5. The fourth-order valence-corrected chi connectivity index (χ4v) is 4.77. The van der Waals surface area contributed by atoms with Crippen LogP contribution in [0, 0.1) is 29.6 Å². The van der Waals surface area contributed by atoms with Gasteiger partial charge in [-0.05, 0) is 68.8 Å². The number of Topliss-reactive ketones (excluding diaryl/α,β-unsaturated/α-hetero) is 1. The van der Waals surface area contributed by atoms with Crippen molar-refractivity contribution in [2.24, 2.45) is 29.6 Å². The molecule has 0 saturated carbocycles. The Hall–Kier alpha value is -1.42. The number of hydrogen-bond acceptors (Lipinski definition) is 4. The van der Waals surface area contributed by atoms with E-state index in [0.717, 1.165) is 32.1 Å². The standard InChI is InChI=1S/C25H40O4.C2H6/c1-6-17(3)25(28)29-23-15-16(2)14-20-11-10-18(4)22(24(20)23)13-12-21(27)9-7-8-19(5)26;1-2/h10-11,14,16-18,21-24,27H,6-9,12-13,15H2,1-5H3;1-2H3/t16-,17?,18?,21?,22?,23-,24?;/m0./s1.